The average Bonchev–Trinajstić information content (AvgIpc) is 2.10. The summed E-state index contributed by atoms with van der Waals surface area (Å²) in [7, 11) is 2.02. The van der Waals surface area contributed by atoms with Crippen LogP contribution in [0.15, 0.2) is 0 Å². The largest absolute Gasteiger partial charge is 0.327 e. The van der Waals surface area contributed by atoms with Gasteiger partial charge in [-0.3, -0.25) is 4.39 Å². The molecule has 0 aliphatic heterocycles. The summed E-state index contributed by atoms with van der Waals surface area (Å²) in [5.74, 6) is 0.537. The average molecular weight is 190 g/mol. The number of halogens is 1. The maximum Gasteiger partial charge on any atom is 0.0906 e. The third kappa shape index (κ3) is 6.96. The van der Waals surface area contributed by atoms with E-state index < -0.39 is 0 Å². The molecule has 0 rings (SSSR count). The molecule has 0 bridgehead atoms. The van der Waals surface area contributed by atoms with Gasteiger partial charge in [0.15, 0.2) is 0 Å². The van der Waals surface area contributed by atoms with Gasteiger partial charge < -0.3 is 10.6 Å². The van der Waals surface area contributed by atoms with E-state index in [1.807, 2.05) is 7.05 Å². The molecule has 0 radical (unpaired) electrons. The van der Waals surface area contributed by atoms with Gasteiger partial charge in [-0.05, 0) is 32.4 Å². The predicted octanol–water partition coefficient (Wildman–Crippen LogP) is 1.65. The van der Waals surface area contributed by atoms with E-state index in [9.17, 15) is 4.39 Å². The van der Waals surface area contributed by atoms with Gasteiger partial charge in [0, 0.05) is 12.6 Å². The number of nitrogens with zero attached hydrogens (tertiary/aromatic N) is 1. The van der Waals surface area contributed by atoms with Crippen molar-refractivity contribution in [2.75, 3.05) is 26.8 Å². The second-order valence-electron chi connectivity index (χ2n) is 4.04. The molecule has 0 fully saturated rings. The normalized spacial score (nSPS) is 14.1. The zero-order valence-corrected chi connectivity index (χ0v) is 9.09. The molecule has 0 heterocycles. The molecule has 0 aromatic heterocycles. The minimum atomic E-state index is -0.222. The first kappa shape index (κ1) is 12.8. The zero-order chi connectivity index (χ0) is 10.3. The molecule has 0 spiro atoms. The van der Waals surface area contributed by atoms with Gasteiger partial charge in [-0.25, -0.2) is 0 Å². The number of nitrogens with two attached hydrogens (primary N) is 1. The summed E-state index contributed by atoms with van der Waals surface area (Å²) in [5, 5.41) is 0. The van der Waals surface area contributed by atoms with Crippen molar-refractivity contribution in [2.24, 2.45) is 11.7 Å². The Kier molecular flexibility index (Phi) is 7.19. The van der Waals surface area contributed by atoms with Crippen LogP contribution in [0.4, 0.5) is 4.39 Å². The number of hydrogen-bond donors (Lipinski definition) is 1. The second kappa shape index (κ2) is 7.27. The molecule has 0 amide bonds. The maximum absolute atomic E-state index is 11.8. The molecule has 2 nitrogen and oxygen atoms in total. The van der Waals surface area contributed by atoms with E-state index in [1.165, 1.54) is 0 Å². The highest BCUT2D eigenvalue weighted by Gasteiger charge is 2.08. The molecule has 1 atom stereocenters. The monoisotopic (exact) mass is 190 g/mol. The van der Waals surface area contributed by atoms with Crippen LogP contribution < -0.4 is 5.73 Å². The number of rotatable bonds is 7. The molecule has 0 aliphatic carbocycles. The Morgan fingerprint density at radius 1 is 1.31 bits per heavy atom. The Labute approximate surface area is 81.3 Å². The maximum atomic E-state index is 11.8. The van der Waals surface area contributed by atoms with Crippen molar-refractivity contribution >= 4 is 0 Å². The standard InChI is InChI=1S/C10H23FN2/c1-9(2)10(12)5-8-13(3)7-4-6-11/h9-10H,4-8,12H2,1-3H3. The van der Waals surface area contributed by atoms with Gasteiger partial charge in [-0.15, -0.1) is 0 Å². The quantitative estimate of drug-likeness (QED) is 0.661. The van der Waals surface area contributed by atoms with Crippen LogP contribution in [0.2, 0.25) is 0 Å². The fraction of sp³-hybridized carbons (Fsp3) is 1.00. The van der Waals surface area contributed by atoms with E-state index >= 15 is 0 Å². The molecule has 13 heavy (non-hydrogen) atoms. The van der Waals surface area contributed by atoms with Crippen molar-refractivity contribution in [1.29, 1.82) is 0 Å². The second-order valence-corrected chi connectivity index (χ2v) is 4.04. The molecule has 0 aromatic carbocycles. The lowest BCUT2D eigenvalue weighted by atomic mass is 10.0. The van der Waals surface area contributed by atoms with E-state index in [-0.39, 0.29) is 12.7 Å². The van der Waals surface area contributed by atoms with Crippen LogP contribution in [-0.4, -0.2) is 37.8 Å². The van der Waals surface area contributed by atoms with Crippen LogP contribution in [0.3, 0.4) is 0 Å². The van der Waals surface area contributed by atoms with Crippen molar-refractivity contribution in [3.63, 3.8) is 0 Å². The lowest BCUT2D eigenvalue weighted by molar-refractivity contribution is 0.286. The molecular formula is C10H23FN2. The minimum Gasteiger partial charge on any atom is -0.327 e. The molecule has 2 N–H and O–H groups in total. The third-order valence-corrected chi connectivity index (χ3v) is 2.37. The van der Waals surface area contributed by atoms with Crippen LogP contribution in [0, 0.1) is 5.92 Å². The van der Waals surface area contributed by atoms with Crippen molar-refractivity contribution in [1.82, 2.24) is 4.90 Å². The van der Waals surface area contributed by atoms with Crippen molar-refractivity contribution in [3.05, 3.63) is 0 Å². The first-order chi connectivity index (χ1) is 6.07. The van der Waals surface area contributed by atoms with E-state index in [0.29, 0.717) is 12.3 Å². The van der Waals surface area contributed by atoms with Gasteiger partial charge in [0.05, 0.1) is 6.67 Å². The first-order valence-corrected chi connectivity index (χ1v) is 5.08. The molecule has 0 aromatic rings. The Hall–Kier alpha value is -0.150. The molecule has 3 heteroatoms. The van der Waals surface area contributed by atoms with Crippen molar-refractivity contribution in [2.45, 2.75) is 32.7 Å². The Morgan fingerprint density at radius 2 is 1.92 bits per heavy atom. The van der Waals surface area contributed by atoms with Gasteiger partial charge in [0.2, 0.25) is 0 Å². The SMILES string of the molecule is CC(C)C(N)CCN(C)CCCF. The van der Waals surface area contributed by atoms with Gasteiger partial charge in [-0.1, -0.05) is 13.8 Å². The summed E-state index contributed by atoms with van der Waals surface area (Å²) >= 11 is 0. The molecule has 80 valence electrons. The highest BCUT2D eigenvalue weighted by molar-refractivity contribution is 4.67. The predicted molar refractivity (Wildman–Crippen MR) is 55.5 cm³/mol. The summed E-state index contributed by atoms with van der Waals surface area (Å²) in [6.45, 7) is 5.85. The van der Waals surface area contributed by atoms with Gasteiger partial charge in [-0.2, -0.15) is 0 Å². The summed E-state index contributed by atoms with van der Waals surface area (Å²) in [5.41, 5.74) is 5.89. The van der Waals surface area contributed by atoms with E-state index in [1.54, 1.807) is 0 Å². The summed E-state index contributed by atoms with van der Waals surface area (Å²) < 4.78 is 11.8. The highest BCUT2D eigenvalue weighted by atomic mass is 19.1. The highest BCUT2D eigenvalue weighted by Crippen LogP contribution is 2.03. The Balaban J connectivity index is 3.40. The van der Waals surface area contributed by atoms with Crippen LogP contribution in [-0.2, 0) is 0 Å². The molecule has 0 saturated heterocycles. The topological polar surface area (TPSA) is 29.3 Å². The summed E-state index contributed by atoms with van der Waals surface area (Å²) in [6, 6.07) is 0.271. The van der Waals surface area contributed by atoms with E-state index in [2.05, 4.69) is 18.7 Å². The van der Waals surface area contributed by atoms with Crippen LogP contribution >= 0.6 is 0 Å². The minimum absolute atomic E-state index is 0.222. The van der Waals surface area contributed by atoms with Gasteiger partial charge >= 0.3 is 0 Å². The zero-order valence-electron chi connectivity index (χ0n) is 9.09. The van der Waals surface area contributed by atoms with E-state index in [0.717, 1.165) is 19.5 Å². The van der Waals surface area contributed by atoms with Crippen molar-refractivity contribution < 1.29 is 4.39 Å². The van der Waals surface area contributed by atoms with Gasteiger partial charge in [0.25, 0.3) is 0 Å². The smallest absolute Gasteiger partial charge is 0.0906 e. The lowest BCUT2D eigenvalue weighted by Crippen LogP contribution is -2.32. The third-order valence-electron chi connectivity index (χ3n) is 2.37. The van der Waals surface area contributed by atoms with Crippen molar-refractivity contribution in [3.8, 4) is 0 Å². The summed E-state index contributed by atoms with van der Waals surface area (Å²) in [6.07, 6.45) is 1.63. The van der Waals surface area contributed by atoms with Crippen LogP contribution in [0.1, 0.15) is 26.7 Å². The molecule has 1 unspecified atom stereocenters. The van der Waals surface area contributed by atoms with Crippen LogP contribution in [0.5, 0.6) is 0 Å². The fourth-order valence-electron chi connectivity index (χ4n) is 1.14. The fourth-order valence-corrected chi connectivity index (χ4v) is 1.14. The first-order valence-electron chi connectivity index (χ1n) is 5.08. The number of alkyl halides is 1. The molecular weight excluding hydrogens is 167 g/mol. The Bertz CT molecular complexity index is 117. The number of hydrogen-bond acceptors (Lipinski definition) is 2. The molecule has 0 saturated carbocycles. The summed E-state index contributed by atoms with van der Waals surface area (Å²) in [4.78, 5) is 2.14. The van der Waals surface area contributed by atoms with Gasteiger partial charge in [0.1, 0.15) is 0 Å². The lowest BCUT2D eigenvalue weighted by Gasteiger charge is -2.20. The Morgan fingerprint density at radius 3 is 2.38 bits per heavy atom. The van der Waals surface area contributed by atoms with E-state index in [4.69, 9.17) is 5.73 Å². The molecule has 0 aliphatic rings. The van der Waals surface area contributed by atoms with Crippen LogP contribution in [0.25, 0.3) is 0 Å².